The van der Waals surface area contributed by atoms with Crippen LogP contribution in [0.5, 0.6) is 0 Å². The molecule has 0 bridgehead atoms. The van der Waals surface area contributed by atoms with Crippen molar-refractivity contribution >= 4 is 17.5 Å². The van der Waals surface area contributed by atoms with Gasteiger partial charge in [0.15, 0.2) is 5.76 Å². The van der Waals surface area contributed by atoms with Gasteiger partial charge in [0.2, 0.25) is 0 Å². The highest BCUT2D eigenvalue weighted by Gasteiger charge is 2.33. The first-order valence-electron chi connectivity index (χ1n) is 5.19. The third kappa shape index (κ3) is 2.02. The number of carbonyl (C=O) groups excluding carboxylic acids is 1. The van der Waals surface area contributed by atoms with Crippen LogP contribution in [0, 0.1) is 5.92 Å². The van der Waals surface area contributed by atoms with E-state index in [4.69, 9.17) is 16.0 Å². The molecule has 82 valence electrons. The van der Waals surface area contributed by atoms with Gasteiger partial charge in [-0.3, -0.25) is 4.79 Å². The fraction of sp³-hybridized carbons (Fsp3) is 0.545. The highest BCUT2D eigenvalue weighted by molar-refractivity contribution is 6.21. The van der Waals surface area contributed by atoms with Crippen LogP contribution in [0.3, 0.4) is 0 Å². The lowest BCUT2D eigenvalue weighted by molar-refractivity contribution is 0.0755. The van der Waals surface area contributed by atoms with Gasteiger partial charge in [-0.05, 0) is 18.1 Å². The van der Waals surface area contributed by atoms with Crippen LogP contribution in [-0.4, -0.2) is 29.3 Å². The minimum absolute atomic E-state index is 0.0541. The molecular weight excluding hydrogens is 214 g/mol. The molecule has 1 aliphatic heterocycles. The molecule has 3 nitrogen and oxygen atoms in total. The highest BCUT2D eigenvalue weighted by Crippen LogP contribution is 2.25. The van der Waals surface area contributed by atoms with E-state index in [2.05, 4.69) is 6.92 Å². The average Bonchev–Trinajstić information content (AvgIpc) is 2.85. The summed E-state index contributed by atoms with van der Waals surface area (Å²) in [7, 11) is 0. The molecule has 0 saturated carbocycles. The molecule has 1 aliphatic rings. The van der Waals surface area contributed by atoms with Crippen LogP contribution in [0.15, 0.2) is 22.8 Å². The summed E-state index contributed by atoms with van der Waals surface area (Å²) in [5.41, 5.74) is 0. The lowest BCUT2D eigenvalue weighted by atomic mass is 10.1. The quantitative estimate of drug-likeness (QED) is 0.727. The van der Waals surface area contributed by atoms with E-state index < -0.39 is 0 Å². The molecule has 0 aromatic carbocycles. The third-order valence-electron chi connectivity index (χ3n) is 2.90. The van der Waals surface area contributed by atoms with Crippen molar-refractivity contribution in [2.75, 3.05) is 13.1 Å². The van der Waals surface area contributed by atoms with Gasteiger partial charge >= 0.3 is 0 Å². The molecule has 1 fully saturated rings. The van der Waals surface area contributed by atoms with Crippen molar-refractivity contribution < 1.29 is 9.21 Å². The van der Waals surface area contributed by atoms with E-state index in [1.54, 1.807) is 17.0 Å². The van der Waals surface area contributed by atoms with Crippen LogP contribution >= 0.6 is 11.6 Å². The summed E-state index contributed by atoms with van der Waals surface area (Å²) in [4.78, 5) is 13.7. The Hall–Kier alpha value is -0.960. The zero-order chi connectivity index (χ0) is 10.8. The van der Waals surface area contributed by atoms with Crippen LogP contribution < -0.4 is 0 Å². The Morgan fingerprint density at radius 2 is 2.47 bits per heavy atom. The van der Waals surface area contributed by atoms with Gasteiger partial charge in [-0.2, -0.15) is 0 Å². The third-order valence-corrected chi connectivity index (χ3v) is 3.40. The van der Waals surface area contributed by atoms with Crippen molar-refractivity contribution in [1.29, 1.82) is 0 Å². The first-order chi connectivity index (χ1) is 7.22. The Balaban J connectivity index is 2.05. The Labute approximate surface area is 94.0 Å². The fourth-order valence-electron chi connectivity index (χ4n) is 1.94. The molecular formula is C11H14ClNO2. The molecule has 0 radical (unpaired) electrons. The fourth-order valence-corrected chi connectivity index (χ4v) is 2.36. The van der Waals surface area contributed by atoms with Crippen LogP contribution in [0.2, 0.25) is 0 Å². The predicted octanol–water partition coefficient (Wildman–Crippen LogP) is 2.37. The van der Waals surface area contributed by atoms with Gasteiger partial charge in [-0.1, -0.05) is 13.3 Å². The van der Waals surface area contributed by atoms with Gasteiger partial charge in [0, 0.05) is 13.1 Å². The van der Waals surface area contributed by atoms with Crippen LogP contribution in [0.4, 0.5) is 0 Å². The monoisotopic (exact) mass is 227 g/mol. The topological polar surface area (TPSA) is 33.5 Å². The van der Waals surface area contributed by atoms with Crippen molar-refractivity contribution in [2.24, 2.45) is 5.92 Å². The standard InChI is InChI=1S/C11H14ClNO2/c1-2-8-6-13(7-9(8)12)11(14)10-4-3-5-15-10/h3-5,8-9H,2,6-7H2,1H3. The highest BCUT2D eigenvalue weighted by atomic mass is 35.5. The molecule has 1 amide bonds. The minimum atomic E-state index is -0.0541. The zero-order valence-electron chi connectivity index (χ0n) is 8.65. The summed E-state index contributed by atoms with van der Waals surface area (Å²) in [6, 6.07) is 3.41. The molecule has 1 saturated heterocycles. The summed E-state index contributed by atoms with van der Waals surface area (Å²) in [6.07, 6.45) is 2.52. The van der Waals surface area contributed by atoms with Crippen molar-refractivity contribution in [1.82, 2.24) is 4.90 Å². The lowest BCUT2D eigenvalue weighted by Gasteiger charge is -2.13. The number of hydrogen-bond donors (Lipinski definition) is 0. The summed E-state index contributed by atoms with van der Waals surface area (Å²) in [5.74, 6) is 0.753. The lowest BCUT2D eigenvalue weighted by Crippen LogP contribution is -2.28. The van der Waals surface area contributed by atoms with E-state index in [-0.39, 0.29) is 11.3 Å². The van der Waals surface area contributed by atoms with Crippen molar-refractivity contribution in [3.8, 4) is 0 Å². The van der Waals surface area contributed by atoms with E-state index in [9.17, 15) is 4.79 Å². The number of halogens is 1. The largest absolute Gasteiger partial charge is 0.459 e. The van der Waals surface area contributed by atoms with E-state index >= 15 is 0 Å². The maximum absolute atomic E-state index is 11.9. The van der Waals surface area contributed by atoms with Gasteiger partial charge in [0.1, 0.15) is 0 Å². The maximum atomic E-state index is 11.9. The molecule has 15 heavy (non-hydrogen) atoms. The van der Waals surface area contributed by atoms with Gasteiger partial charge in [-0.25, -0.2) is 0 Å². The van der Waals surface area contributed by atoms with E-state index in [0.29, 0.717) is 18.2 Å². The van der Waals surface area contributed by atoms with Gasteiger partial charge in [-0.15, -0.1) is 11.6 Å². The van der Waals surface area contributed by atoms with Crippen molar-refractivity contribution in [3.05, 3.63) is 24.2 Å². The Bertz CT molecular complexity index is 336. The summed E-state index contributed by atoms with van der Waals surface area (Å²) < 4.78 is 5.08. The van der Waals surface area contributed by atoms with Gasteiger partial charge in [0.25, 0.3) is 5.91 Å². The Morgan fingerprint density at radius 1 is 1.67 bits per heavy atom. The average molecular weight is 228 g/mol. The second-order valence-electron chi connectivity index (χ2n) is 3.87. The number of nitrogens with zero attached hydrogens (tertiary/aromatic N) is 1. The second kappa shape index (κ2) is 4.27. The number of alkyl halides is 1. The number of furan rings is 1. The van der Waals surface area contributed by atoms with Crippen molar-refractivity contribution in [3.63, 3.8) is 0 Å². The molecule has 0 N–H and O–H groups in total. The SMILES string of the molecule is CCC1CN(C(=O)c2ccco2)CC1Cl. The molecule has 1 aromatic rings. The van der Waals surface area contributed by atoms with Crippen LogP contribution in [0.25, 0.3) is 0 Å². The van der Waals surface area contributed by atoms with Crippen LogP contribution in [-0.2, 0) is 0 Å². The number of amides is 1. The number of hydrogen-bond acceptors (Lipinski definition) is 2. The number of likely N-dealkylation sites (tertiary alicyclic amines) is 1. The maximum Gasteiger partial charge on any atom is 0.289 e. The second-order valence-corrected chi connectivity index (χ2v) is 4.43. The smallest absolute Gasteiger partial charge is 0.289 e. The molecule has 2 rings (SSSR count). The molecule has 4 heteroatoms. The molecule has 2 unspecified atom stereocenters. The number of carbonyl (C=O) groups is 1. The first-order valence-corrected chi connectivity index (χ1v) is 5.63. The van der Waals surface area contributed by atoms with Gasteiger partial charge < -0.3 is 9.32 Å². The Morgan fingerprint density at radius 3 is 3.00 bits per heavy atom. The summed E-state index contributed by atoms with van der Waals surface area (Å²) >= 11 is 6.15. The van der Waals surface area contributed by atoms with Crippen molar-refractivity contribution in [2.45, 2.75) is 18.7 Å². The molecule has 0 spiro atoms. The Kier molecular flexibility index (Phi) is 3.00. The number of rotatable bonds is 2. The van der Waals surface area contributed by atoms with E-state index in [0.717, 1.165) is 13.0 Å². The predicted molar refractivity (Wildman–Crippen MR) is 58.0 cm³/mol. The van der Waals surface area contributed by atoms with Gasteiger partial charge in [0.05, 0.1) is 11.6 Å². The first kappa shape index (κ1) is 10.6. The normalized spacial score (nSPS) is 25.9. The van der Waals surface area contributed by atoms with E-state index in [1.165, 1.54) is 6.26 Å². The molecule has 0 aliphatic carbocycles. The van der Waals surface area contributed by atoms with Crippen LogP contribution in [0.1, 0.15) is 23.9 Å². The van der Waals surface area contributed by atoms with E-state index in [1.807, 2.05) is 0 Å². The molecule has 2 atom stereocenters. The minimum Gasteiger partial charge on any atom is -0.459 e. The molecule has 1 aromatic heterocycles. The summed E-state index contributed by atoms with van der Waals surface area (Å²) in [6.45, 7) is 3.46. The molecule has 2 heterocycles. The summed E-state index contributed by atoms with van der Waals surface area (Å²) in [5, 5.41) is 0.0777. The zero-order valence-corrected chi connectivity index (χ0v) is 9.41.